The lowest BCUT2D eigenvalue weighted by molar-refractivity contribution is -0.146. The van der Waals surface area contributed by atoms with Crippen molar-refractivity contribution in [3.63, 3.8) is 0 Å². The quantitative estimate of drug-likeness (QED) is 0.159. The van der Waals surface area contributed by atoms with Crippen molar-refractivity contribution in [2.75, 3.05) is 80.7 Å². The van der Waals surface area contributed by atoms with Crippen LogP contribution in [0.2, 0.25) is 10.0 Å². The Morgan fingerprint density at radius 1 is 0.547 bits per heavy atom. The van der Waals surface area contributed by atoms with Crippen LogP contribution in [0.1, 0.15) is 107 Å². The van der Waals surface area contributed by atoms with Crippen LogP contribution in [-0.4, -0.2) is 112 Å². The van der Waals surface area contributed by atoms with Crippen molar-refractivity contribution < 1.29 is 14.3 Å². The molecule has 3 heterocycles. The summed E-state index contributed by atoms with van der Waals surface area (Å²) >= 11 is 12.2. The topological polar surface area (TPSA) is 56.3 Å². The molecule has 4 aromatic carbocycles. The highest BCUT2D eigenvalue weighted by molar-refractivity contribution is 6.30. The molecule has 2 amide bonds. The van der Waals surface area contributed by atoms with Gasteiger partial charge in [-0.15, -0.1) is 0 Å². The number of benzene rings is 4. The molecule has 2 aliphatic carbocycles. The van der Waals surface area contributed by atoms with E-state index in [2.05, 4.69) is 78.5 Å². The lowest BCUT2D eigenvalue weighted by Gasteiger charge is -2.49. The lowest BCUT2D eigenvalue weighted by Crippen LogP contribution is -2.57. The van der Waals surface area contributed by atoms with Crippen molar-refractivity contribution in [1.82, 2.24) is 19.6 Å². The standard InChI is InChI=1S/C25H29ClN2O2.C25H33ClN2.C4H8O.CH4/c1-27(2)22(29)25(19-7-4-3-5-8-19)15-17-28(18-16-25)23(30)24(13-6-14-24)20-9-11-21(26)12-10-20;1-27(2)19-25(21-7-4-3-5-8-21)15-17-28(18-16-25)20-24(13-6-14-24)22-9-11-23(26)12-10-22;1-2-4-5-3-1;/h3-5,7-12H,6,13-18H2,1-2H3;3-5,7-12H,6,13-20H2,1-2H3;1-4H2;1H4. The predicted molar refractivity (Wildman–Crippen MR) is 266 cm³/mol. The molecule has 9 heteroatoms. The first-order valence-corrected chi connectivity index (χ1v) is 24.3. The Labute approximate surface area is 395 Å². The fourth-order valence-corrected chi connectivity index (χ4v) is 11.3. The van der Waals surface area contributed by atoms with Crippen LogP contribution in [-0.2, 0) is 36.0 Å². The molecule has 0 atom stereocenters. The molecular weight excluding hydrogens is 836 g/mol. The maximum Gasteiger partial charge on any atom is 0.233 e. The fourth-order valence-electron chi connectivity index (χ4n) is 11.1. The molecule has 4 aromatic rings. The van der Waals surface area contributed by atoms with Gasteiger partial charge in [-0.25, -0.2) is 0 Å². The van der Waals surface area contributed by atoms with Crippen LogP contribution < -0.4 is 0 Å². The van der Waals surface area contributed by atoms with Crippen LogP contribution in [0.25, 0.3) is 0 Å². The van der Waals surface area contributed by atoms with Gasteiger partial charge in [-0.1, -0.05) is 128 Å². The van der Waals surface area contributed by atoms with Crippen LogP contribution in [0.5, 0.6) is 0 Å². The summed E-state index contributed by atoms with van der Waals surface area (Å²) in [4.78, 5) is 35.6. The van der Waals surface area contributed by atoms with Crippen molar-refractivity contribution in [3.8, 4) is 0 Å². The fraction of sp³-hybridized carbons (Fsp3) is 0.527. The average Bonchev–Trinajstić information content (AvgIpc) is 3.88. The van der Waals surface area contributed by atoms with E-state index in [9.17, 15) is 9.59 Å². The van der Waals surface area contributed by atoms with Crippen LogP contribution in [0, 0.1) is 0 Å². The second-order valence-corrected chi connectivity index (χ2v) is 20.4. The number of nitrogens with zero attached hydrogens (tertiary/aromatic N) is 4. The van der Waals surface area contributed by atoms with Gasteiger partial charge in [-0.05, 0) is 138 Å². The number of amides is 2. The molecule has 0 N–H and O–H groups in total. The van der Waals surface area contributed by atoms with E-state index in [4.69, 9.17) is 27.9 Å². The molecule has 7 nitrogen and oxygen atoms in total. The van der Waals surface area contributed by atoms with Crippen molar-refractivity contribution in [3.05, 3.63) is 141 Å². The van der Waals surface area contributed by atoms with E-state index in [-0.39, 0.29) is 24.7 Å². The molecular formula is C55H74Cl2N4O3. The van der Waals surface area contributed by atoms with E-state index < -0.39 is 10.8 Å². The number of likely N-dealkylation sites (tertiary alicyclic amines) is 2. The minimum atomic E-state index is -0.561. The van der Waals surface area contributed by atoms with E-state index in [0.717, 1.165) is 55.2 Å². The first-order valence-electron chi connectivity index (χ1n) is 23.5. The molecule has 9 rings (SSSR count). The number of carbonyl (C=O) groups is 2. The molecule has 5 fully saturated rings. The zero-order chi connectivity index (χ0) is 44.5. The van der Waals surface area contributed by atoms with Crippen molar-refractivity contribution >= 4 is 35.0 Å². The maximum atomic E-state index is 13.6. The Hall–Kier alpha value is -3.72. The molecule has 0 aromatic heterocycles. The number of halogens is 2. The van der Waals surface area contributed by atoms with E-state index in [0.29, 0.717) is 36.4 Å². The highest BCUT2D eigenvalue weighted by atomic mass is 35.5. The van der Waals surface area contributed by atoms with Gasteiger partial charge in [0.2, 0.25) is 11.8 Å². The SMILES string of the molecule is C.C1CCOC1.CN(C)C(=O)C1(c2ccccc2)CCN(C(=O)C2(c3ccc(Cl)cc3)CCC2)CC1.CN(C)CC1(c2ccccc2)CCN(CC2(c3ccc(Cl)cc3)CCC2)CC1. The number of hydrogen-bond donors (Lipinski definition) is 0. The predicted octanol–water partition coefficient (Wildman–Crippen LogP) is 11.2. The van der Waals surface area contributed by atoms with E-state index >= 15 is 0 Å². The van der Waals surface area contributed by atoms with Gasteiger partial charge in [0.05, 0.1) is 10.8 Å². The first kappa shape index (κ1) is 49.7. The molecule has 0 unspecified atom stereocenters. The zero-order valence-electron chi connectivity index (χ0n) is 38.3. The first-order chi connectivity index (χ1) is 30.4. The monoisotopic (exact) mass is 909 g/mol. The lowest BCUT2D eigenvalue weighted by atomic mass is 9.63. The van der Waals surface area contributed by atoms with Gasteiger partial charge in [-0.2, -0.15) is 0 Å². The van der Waals surface area contributed by atoms with Crippen molar-refractivity contribution in [1.29, 1.82) is 0 Å². The average molecular weight is 910 g/mol. The number of rotatable bonds is 10. The number of carbonyl (C=O) groups excluding carboxylic acids is 2. The molecule has 3 aliphatic heterocycles. The molecule has 0 spiro atoms. The van der Waals surface area contributed by atoms with Crippen molar-refractivity contribution in [2.24, 2.45) is 0 Å². The number of ether oxygens (including phenoxy) is 1. The molecule has 64 heavy (non-hydrogen) atoms. The largest absolute Gasteiger partial charge is 0.381 e. The van der Waals surface area contributed by atoms with Crippen LogP contribution in [0.3, 0.4) is 0 Å². The van der Waals surface area contributed by atoms with Crippen LogP contribution in [0.4, 0.5) is 0 Å². The molecule has 0 bridgehead atoms. The van der Waals surface area contributed by atoms with Gasteiger partial charge in [0, 0.05) is 74.4 Å². The normalized spacial score (nSPS) is 20.5. The minimum Gasteiger partial charge on any atom is -0.381 e. The van der Waals surface area contributed by atoms with Gasteiger partial charge in [0.1, 0.15) is 0 Å². The summed E-state index contributed by atoms with van der Waals surface area (Å²) in [6.07, 6.45) is 13.1. The summed E-state index contributed by atoms with van der Waals surface area (Å²) in [7, 11) is 8.05. The summed E-state index contributed by atoms with van der Waals surface area (Å²) in [6.45, 7) is 7.91. The Bertz CT molecular complexity index is 2040. The summed E-state index contributed by atoms with van der Waals surface area (Å²) in [6, 6.07) is 37.6. The molecule has 2 saturated carbocycles. The third kappa shape index (κ3) is 11.1. The third-order valence-electron chi connectivity index (χ3n) is 15.0. The van der Waals surface area contributed by atoms with Crippen LogP contribution in [0.15, 0.2) is 109 Å². The third-order valence-corrected chi connectivity index (χ3v) is 15.5. The summed E-state index contributed by atoms with van der Waals surface area (Å²) in [5.41, 5.74) is 4.75. The summed E-state index contributed by atoms with van der Waals surface area (Å²) in [5.74, 6) is 0.326. The molecule has 3 saturated heterocycles. The Kier molecular flexibility index (Phi) is 17.2. The molecule has 346 valence electrons. The second kappa shape index (κ2) is 22.2. The number of likely N-dealkylation sites (N-methyl/N-ethyl adjacent to an activating group) is 2. The van der Waals surface area contributed by atoms with E-state index in [1.807, 2.05) is 73.6 Å². The Morgan fingerprint density at radius 3 is 1.44 bits per heavy atom. The zero-order valence-corrected chi connectivity index (χ0v) is 39.8. The summed E-state index contributed by atoms with van der Waals surface area (Å²) in [5, 5.41) is 1.53. The highest BCUT2D eigenvalue weighted by Gasteiger charge is 2.51. The smallest absolute Gasteiger partial charge is 0.233 e. The highest BCUT2D eigenvalue weighted by Crippen LogP contribution is 2.48. The van der Waals surface area contributed by atoms with E-state index in [1.54, 1.807) is 4.90 Å². The van der Waals surface area contributed by atoms with Gasteiger partial charge in [0.15, 0.2) is 0 Å². The van der Waals surface area contributed by atoms with Gasteiger partial charge >= 0.3 is 0 Å². The number of hydrogen-bond acceptors (Lipinski definition) is 5. The second-order valence-electron chi connectivity index (χ2n) is 19.5. The molecule has 5 aliphatic rings. The minimum absolute atomic E-state index is 0. The Morgan fingerprint density at radius 2 is 1.02 bits per heavy atom. The van der Waals surface area contributed by atoms with Crippen LogP contribution >= 0.6 is 23.2 Å². The van der Waals surface area contributed by atoms with Gasteiger partial charge in [-0.3, -0.25) is 9.59 Å². The molecule has 0 radical (unpaired) electrons. The van der Waals surface area contributed by atoms with E-state index in [1.165, 1.54) is 75.7 Å². The summed E-state index contributed by atoms with van der Waals surface area (Å²) < 4.78 is 4.94. The van der Waals surface area contributed by atoms with Crippen molar-refractivity contribution in [2.45, 2.75) is 106 Å². The maximum absolute atomic E-state index is 13.6. The van der Waals surface area contributed by atoms with Gasteiger partial charge in [0.25, 0.3) is 0 Å². The Balaban J connectivity index is 0.000000189. The number of piperidine rings is 2. The van der Waals surface area contributed by atoms with Gasteiger partial charge < -0.3 is 24.3 Å².